The number of benzene rings is 2. The summed E-state index contributed by atoms with van der Waals surface area (Å²) in [5.41, 5.74) is 2.68. The first-order chi connectivity index (χ1) is 10.1. The molecule has 0 radical (unpaired) electrons. The van der Waals surface area contributed by atoms with Crippen LogP contribution in [0, 0.1) is 11.3 Å². The standard InChI is InChI=1S/C18H19NO2/c1-13(2)14-7-9-16(10-8-14)21-12-15-5-3-4-6-17(15)18(20)11-19/h3-10,13,18,20H,12H2,1-2H3/t18-/m0/s1. The smallest absolute Gasteiger partial charge is 0.166 e. The van der Waals surface area contributed by atoms with E-state index in [1.165, 1.54) is 5.56 Å². The molecule has 0 bridgehead atoms. The highest BCUT2D eigenvalue weighted by atomic mass is 16.5. The van der Waals surface area contributed by atoms with Gasteiger partial charge in [-0.25, -0.2) is 0 Å². The van der Waals surface area contributed by atoms with Crippen molar-refractivity contribution in [1.82, 2.24) is 0 Å². The Bertz CT molecular complexity index is 626. The maximum atomic E-state index is 9.69. The zero-order valence-electron chi connectivity index (χ0n) is 12.3. The first kappa shape index (κ1) is 15.1. The number of rotatable bonds is 5. The maximum absolute atomic E-state index is 9.69. The molecule has 0 aliphatic carbocycles. The summed E-state index contributed by atoms with van der Waals surface area (Å²) >= 11 is 0. The van der Waals surface area contributed by atoms with Gasteiger partial charge in [0.25, 0.3) is 0 Å². The Morgan fingerprint density at radius 1 is 1.10 bits per heavy atom. The van der Waals surface area contributed by atoms with Crippen LogP contribution in [0.1, 0.15) is 42.6 Å². The van der Waals surface area contributed by atoms with Gasteiger partial charge in [0, 0.05) is 5.56 Å². The van der Waals surface area contributed by atoms with E-state index < -0.39 is 6.10 Å². The minimum Gasteiger partial charge on any atom is -0.489 e. The summed E-state index contributed by atoms with van der Waals surface area (Å²) in [6.07, 6.45) is -1.12. The Labute approximate surface area is 125 Å². The minimum absolute atomic E-state index is 0.329. The molecule has 1 atom stereocenters. The highest BCUT2D eigenvalue weighted by molar-refractivity contribution is 5.33. The summed E-state index contributed by atoms with van der Waals surface area (Å²) in [5.74, 6) is 1.27. The minimum atomic E-state index is -1.12. The van der Waals surface area contributed by atoms with Crippen molar-refractivity contribution in [2.75, 3.05) is 0 Å². The average molecular weight is 281 g/mol. The fourth-order valence-electron chi connectivity index (χ4n) is 2.11. The van der Waals surface area contributed by atoms with E-state index in [1.54, 1.807) is 12.1 Å². The third-order valence-electron chi connectivity index (χ3n) is 3.41. The monoisotopic (exact) mass is 281 g/mol. The average Bonchev–Trinajstić information content (AvgIpc) is 2.52. The largest absolute Gasteiger partial charge is 0.489 e. The molecule has 3 heteroatoms. The fourth-order valence-corrected chi connectivity index (χ4v) is 2.11. The topological polar surface area (TPSA) is 53.2 Å². The van der Waals surface area contributed by atoms with Crippen LogP contribution in [0.15, 0.2) is 48.5 Å². The molecule has 2 aromatic carbocycles. The van der Waals surface area contributed by atoms with Gasteiger partial charge in [0.1, 0.15) is 12.4 Å². The second-order valence-electron chi connectivity index (χ2n) is 5.24. The van der Waals surface area contributed by atoms with Crippen molar-refractivity contribution in [2.45, 2.75) is 32.5 Å². The first-order valence-corrected chi connectivity index (χ1v) is 7.00. The van der Waals surface area contributed by atoms with Crippen LogP contribution in [-0.2, 0) is 6.61 Å². The molecular weight excluding hydrogens is 262 g/mol. The van der Waals surface area contributed by atoms with Crippen LogP contribution in [-0.4, -0.2) is 5.11 Å². The number of nitrogens with zero attached hydrogens (tertiary/aromatic N) is 1. The van der Waals surface area contributed by atoms with E-state index >= 15 is 0 Å². The normalized spacial score (nSPS) is 12.0. The zero-order valence-corrected chi connectivity index (χ0v) is 12.3. The molecule has 2 aromatic rings. The summed E-state index contributed by atoms with van der Waals surface area (Å²) in [6, 6.07) is 17.1. The number of ether oxygens (including phenoxy) is 1. The van der Waals surface area contributed by atoms with Crippen molar-refractivity contribution in [3.8, 4) is 11.8 Å². The van der Waals surface area contributed by atoms with Gasteiger partial charge in [0.15, 0.2) is 6.10 Å². The Hall–Kier alpha value is -2.31. The molecule has 0 aromatic heterocycles. The molecule has 0 heterocycles. The molecule has 0 spiro atoms. The lowest BCUT2D eigenvalue weighted by molar-refractivity contribution is 0.229. The lowest BCUT2D eigenvalue weighted by Gasteiger charge is -2.12. The van der Waals surface area contributed by atoms with Gasteiger partial charge in [-0.3, -0.25) is 0 Å². The van der Waals surface area contributed by atoms with Gasteiger partial charge in [-0.1, -0.05) is 50.2 Å². The van der Waals surface area contributed by atoms with E-state index in [0.29, 0.717) is 18.1 Å². The van der Waals surface area contributed by atoms with Crippen LogP contribution in [0.5, 0.6) is 5.75 Å². The summed E-state index contributed by atoms with van der Waals surface area (Å²) in [7, 11) is 0. The van der Waals surface area contributed by atoms with Crippen LogP contribution in [0.4, 0.5) is 0 Å². The molecule has 1 N–H and O–H groups in total. The lowest BCUT2D eigenvalue weighted by Crippen LogP contribution is -2.03. The third-order valence-corrected chi connectivity index (χ3v) is 3.41. The van der Waals surface area contributed by atoms with E-state index in [9.17, 15) is 5.11 Å². The van der Waals surface area contributed by atoms with Crippen molar-refractivity contribution in [3.63, 3.8) is 0 Å². The summed E-state index contributed by atoms with van der Waals surface area (Å²) in [4.78, 5) is 0. The van der Waals surface area contributed by atoms with E-state index in [0.717, 1.165) is 11.3 Å². The SMILES string of the molecule is CC(C)c1ccc(OCc2ccccc2[C@@H](O)C#N)cc1. The van der Waals surface area contributed by atoms with Gasteiger partial charge in [0.2, 0.25) is 0 Å². The van der Waals surface area contributed by atoms with Gasteiger partial charge in [-0.2, -0.15) is 5.26 Å². The molecule has 2 rings (SSSR count). The molecule has 3 nitrogen and oxygen atoms in total. The molecule has 21 heavy (non-hydrogen) atoms. The number of aliphatic hydroxyl groups is 1. The van der Waals surface area contributed by atoms with Crippen molar-refractivity contribution in [3.05, 3.63) is 65.2 Å². The highest BCUT2D eigenvalue weighted by Crippen LogP contribution is 2.22. The van der Waals surface area contributed by atoms with Gasteiger partial charge in [-0.15, -0.1) is 0 Å². The van der Waals surface area contributed by atoms with E-state index in [4.69, 9.17) is 10.00 Å². The molecule has 0 unspecified atom stereocenters. The Kier molecular flexibility index (Phi) is 4.97. The Morgan fingerprint density at radius 2 is 1.76 bits per heavy atom. The van der Waals surface area contributed by atoms with Crippen LogP contribution < -0.4 is 4.74 Å². The third kappa shape index (κ3) is 3.84. The lowest BCUT2D eigenvalue weighted by atomic mass is 10.0. The summed E-state index contributed by atoms with van der Waals surface area (Å²) in [6.45, 7) is 4.63. The number of nitriles is 1. The van der Waals surface area contributed by atoms with E-state index in [-0.39, 0.29) is 0 Å². The second-order valence-corrected chi connectivity index (χ2v) is 5.24. The first-order valence-electron chi connectivity index (χ1n) is 7.00. The number of aliphatic hydroxyl groups excluding tert-OH is 1. The van der Waals surface area contributed by atoms with Crippen molar-refractivity contribution in [2.24, 2.45) is 0 Å². The zero-order chi connectivity index (χ0) is 15.2. The van der Waals surface area contributed by atoms with Gasteiger partial charge in [-0.05, 0) is 29.2 Å². The van der Waals surface area contributed by atoms with Crippen LogP contribution in [0.25, 0.3) is 0 Å². The molecule has 0 saturated heterocycles. The molecule has 0 fully saturated rings. The van der Waals surface area contributed by atoms with Gasteiger partial charge < -0.3 is 9.84 Å². The number of hydrogen-bond acceptors (Lipinski definition) is 3. The molecule has 0 saturated carbocycles. The predicted molar refractivity (Wildman–Crippen MR) is 81.9 cm³/mol. The van der Waals surface area contributed by atoms with Crippen LogP contribution >= 0.6 is 0 Å². The van der Waals surface area contributed by atoms with E-state index in [2.05, 4.69) is 26.0 Å². The second kappa shape index (κ2) is 6.92. The maximum Gasteiger partial charge on any atom is 0.166 e. The summed E-state index contributed by atoms with van der Waals surface area (Å²) in [5, 5.41) is 18.5. The number of hydrogen-bond donors (Lipinski definition) is 1. The van der Waals surface area contributed by atoms with Gasteiger partial charge in [0.05, 0.1) is 6.07 Å². The molecule has 0 amide bonds. The Morgan fingerprint density at radius 3 is 2.38 bits per heavy atom. The Balaban J connectivity index is 2.08. The predicted octanol–water partition coefficient (Wildman–Crippen LogP) is 3.95. The molecule has 108 valence electrons. The fraction of sp³-hybridized carbons (Fsp3) is 0.278. The van der Waals surface area contributed by atoms with Crippen LogP contribution in [0.2, 0.25) is 0 Å². The van der Waals surface area contributed by atoms with Crippen molar-refractivity contribution in [1.29, 1.82) is 5.26 Å². The van der Waals surface area contributed by atoms with E-state index in [1.807, 2.05) is 30.3 Å². The molecule has 0 aliphatic rings. The van der Waals surface area contributed by atoms with Crippen molar-refractivity contribution >= 4 is 0 Å². The van der Waals surface area contributed by atoms with Gasteiger partial charge >= 0.3 is 0 Å². The van der Waals surface area contributed by atoms with Crippen LogP contribution in [0.3, 0.4) is 0 Å². The molecule has 0 aliphatic heterocycles. The quantitative estimate of drug-likeness (QED) is 0.844. The molecular formula is C18H19NO2. The summed E-state index contributed by atoms with van der Waals surface area (Å²) < 4.78 is 5.74. The highest BCUT2D eigenvalue weighted by Gasteiger charge is 2.11. The van der Waals surface area contributed by atoms with Crippen molar-refractivity contribution < 1.29 is 9.84 Å².